The summed E-state index contributed by atoms with van der Waals surface area (Å²) in [5.41, 5.74) is 2.33. The summed E-state index contributed by atoms with van der Waals surface area (Å²) >= 11 is 0. The molecule has 2 unspecified atom stereocenters. The van der Waals surface area contributed by atoms with Crippen LogP contribution in [0, 0.1) is 0 Å². The Hall–Kier alpha value is -2.54. The largest absolute Gasteiger partial charge is 0.486 e. The molecule has 1 saturated heterocycles. The highest BCUT2D eigenvalue weighted by Crippen LogP contribution is 2.33. The van der Waals surface area contributed by atoms with Gasteiger partial charge in [0.15, 0.2) is 0 Å². The van der Waals surface area contributed by atoms with Crippen molar-refractivity contribution in [3.05, 3.63) is 30.2 Å². The van der Waals surface area contributed by atoms with E-state index in [2.05, 4.69) is 25.3 Å². The lowest BCUT2D eigenvalue weighted by Gasteiger charge is -2.27. The van der Waals surface area contributed by atoms with Crippen LogP contribution in [0.5, 0.6) is 5.75 Å². The summed E-state index contributed by atoms with van der Waals surface area (Å²) in [7, 11) is 1.70. The van der Waals surface area contributed by atoms with E-state index < -0.39 is 12.3 Å². The number of nitrogens with zero attached hydrogens (tertiary/aromatic N) is 3. The monoisotopic (exact) mass is 327 g/mol. The van der Waals surface area contributed by atoms with E-state index in [1.807, 2.05) is 6.07 Å². The maximum absolute atomic E-state index is 14.1. The van der Waals surface area contributed by atoms with Crippen LogP contribution in [0.3, 0.4) is 0 Å². The van der Waals surface area contributed by atoms with Gasteiger partial charge in [-0.15, -0.1) is 0 Å². The molecule has 1 aliphatic rings. The van der Waals surface area contributed by atoms with Gasteiger partial charge in [-0.05, 0) is 25.1 Å². The molecule has 2 N–H and O–H groups in total. The Morgan fingerprint density at radius 2 is 2.33 bits per heavy atom. The zero-order chi connectivity index (χ0) is 16.5. The second kappa shape index (κ2) is 6.16. The minimum absolute atomic E-state index is 0.327. The molecule has 4 rings (SSSR count). The Labute approximate surface area is 138 Å². The Balaban J connectivity index is 1.82. The first-order valence-electron chi connectivity index (χ1n) is 7.96. The van der Waals surface area contributed by atoms with E-state index >= 15 is 0 Å². The fourth-order valence-electron chi connectivity index (χ4n) is 3.10. The number of aliphatic imine (C=N–C) groups is 1. The van der Waals surface area contributed by atoms with Crippen molar-refractivity contribution in [1.29, 1.82) is 0 Å². The van der Waals surface area contributed by atoms with E-state index in [-0.39, 0.29) is 0 Å². The molecule has 1 fully saturated rings. The highest BCUT2D eigenvalue weighted by atomic mass is 19.1. The van der Waals surface area contributed by atoms with Gasteiger partial charge in [0, 0.05) is 31.4 Å². The van der Waals surface area contributed by atoms with E-state index in [0.29, 0.717) is 24.4 Å². The molecule has 0 radical (unpaired) electrons. The molecule has 2 atom stereocenters. The lowest BCUT2D eigenvalue weighted by molar-refractivity contribution is 0.0744. The third kappa shape index (κ3) is 2.60. The molecule has 1 aliphatic heterocycles. The van der Waals surface area contributed by atoms with E-state index in [1.54, 1.807) is 31.7 Å². The van der Waals surface area contributed by atoms with Gasteiger partial charge in [0.2, 0.25) is 0 Å². The summed E-state index contributed by atoms with van der Waals surface area (Å²) in [5.74, 6) is 0.645. The topological polar surface area (TPSA) is 75.2 Å². The summed E-state index contributed by atoms with van der Waals surface area (Å²) < 4.78 is 20.1. The predicted molar refractivity (Wildman–Crippen MR) is 91.7 cm³/mol. The van der Waals surface area contributed by atoms with E-state index in [9.17, 15) is 4.39 Å². The summed E-state index contributed by atoms with van der Waals surface area (Å²) in [6, 6.07) is 3.73. The number of aromatic amines is 1. The fraction of sp³-hybridized carbons (Fsp3) is 0.353. The predicted octanol–water partition coefficient (Wildman–Crippen LogP) is 2.24. The van der Waals surface area contributed by atoms with Crippen LogP contribution in [-0.4, -0.2) is 53.6 Å². The second-order valence-electron chi connectivity index (χ2n) is 5.86. The fourth-order valence-corrected chi connectivity index (χ4v) is 3.10. The minimum atomic E-state index is -1.02. The number of hydrogen-bond donors (Lipinski definition) is 2. The van der Waals surface area contributed by atoms with Crippen molar-refractivity contribution in [3.8, 4) is 5.75 Å². The van der Waals surface area contributed by atoms with E-state index in [0.717, 1.165) is 28.5 Å². The SMILES string of the molecule is CN=Cc1cc2c(cn1)[nH]c1nccc(OC3CCNCC3F)c12. The van der Waals surface area contributed by atoms with Gasteiger partial charge in [0.05, 0.1) is 22.8 Å². The average molecular weight is 327 g/mol. The maximum Gasteiger partial charge on any atom is 0.149 e. The number of alkyl halides is 1. The smallest absolute Gasteiger partial charge is 0.149 e. The minimum Gasteiger partial charge on any atom is -0.486 e. The summed E-state index contributed by atoms with van der Waals surface area (Å²) in [5, 5.41) is 4.84. The highest BCUT2D eigenvalue weighted by Gasteiger charge is 2.27. The molecule has 3 aromatic rings. The molecule has 4 heterocycles. The first kappa shape index (κ1) is 15.0. The van der Waals surface area contributed by atoms with Crippen LogP contribution in [-0.2, 0) is 0 Å². The van der Waals surface area contributed by atoms with Crippen molar-refractivity contribution in [1.82, 2.24) is 20.3 Å². The van der Waals surface area contributed by atoms with Crippen molar-refractivity contribution in [2.24, 2.45) is 4.99 Å². The van der Waals surface area contributed by atoms with Crippen molar-refractivity contribution >= 4 is 28.2 Å². The Bertz CT molecular complexity index is 907. The molecule has 0 aliphatic carbocycles. The second-order valence-corrected chi connectivity index (χ2v) is 5.86. The van der Waals surface area contributed by atoms with Gasteiger partial charge in [-0.25, -0.2) is 9.37 Å². The number of piperidine rings is 1. The number of pyridine rings is 2. The molecule has 0 spiro atoms. The zero-order valence-electron chi connectivity index (χ0n) is 13.3. The van der Waals surface area contributed by atoms with Crippen LogP contribution >= 0.6 is 0 Å². The average Bonchev–Trinajstić information content (AvgIpc) is 2.96. The highest BCUT2D eigenvalue weighted by molar-refractivity contribution is 6.09. The number of hydrogen-bond acceptors (Lipinski definition) is 5. The Morgan fingerprint density at radius 3 is 3.17 bits per heavy atom. The van der Waals surface area contributed by atoms with Crippen LogP contribution in [0.1, 0.15) is 12.1 Å². The molecular weight excluding hydrogens is 309 g/mol. The van der Waals surface area contributed by atoms with Gasteiger partial charge in [0.1, 0.15) is 23.7 Å². The number of H-pyrrole nitrogens is 1. The first-order valence-corrected chi connectivity index (χ1v) is 7.96. The van der Waals surface area contributed by atoms with Crippen molar-refractivity contribution in [3.63, 3.8) is 0 Å². The molecule has 124 valence electrons. The number of aromatic nitrogens is 3. The van der Waals surface area contributed by atoms with Gasteiger partial charge in [0.25, 0.3) is 0 Å². The van der Waals surface area contributed by atoms with Crippen LogP contribution in [0.2, 0.25) is 0 Å². The third-order valence-corrected chi connectivity index (χ3v) is 4.25. The molecule has 3 aromatic heterocycles. The van der Waals surface area contributed by atoms with E-state index in [4.69, 9.17) is 4.74 Å². The van der Waals surface area contributed by atoms with Gasteiger partial charge >= 0.3 is 0 Å². The Kier molecular flexibility index (Phi) is 3.86. The molecule has 24 heavy (non-hydrogen) atoms. The van der Waals surface area contributed by atoms with Crippen LogP contribution in [0.15, 0.2) is 29.5 Å². The van der Waals surface area contributed by atoms with Crippen molar-refractivity contribution < 1.29 is 9.13 Å². The lowest BCUT2D eigenvalue weighted by Crippen LogP contribution is -2.44. The van der Waals surface area contributed by atoms with Gasteiger partial charge in [-0.2, -0.15) is 0 Å². The number of rotatable bonds is 3. The van der Waals surface area contributed by atoms with Crippen LogP contribution in [0.25, 0.3) is 21.9 Å². The van der Waals surface area contributed by atoms with Gasteiger partial charge < -0.3 is 15.0 Å². The van der Waals surface area contributed by atoms with Gasteiger partial charge in [-0.1, -0.05) is 0 Å². The first-order chi connectivity index (χ1) is 11.8. The molecule has 0 aromatic carbocycles. The summed E-state index contributed by atoms with van der Waals surface area (Å²) in [6.45, 7) is 1.09. The van der Waals surface area contributed by atoms with Crippen LogP contribution < -0.4 is 10.1 Å². The molecular formula is C17H18FN5O. The number of fused-ring (bicyclic) bond motifs is 3. The third-order valence-electron chi connectivity index (χ3n) is 4.25. The maximum atomic E-state index is 14.1. The zero-order valence-corrected chi connectivity index (χ0v) is 13.3. The summed E-state index contributed by atoms with van der Waals surface area (Å²) in [4.78, 5) is 15.9. The number of nitrogens with one attached hydrogen (secondary N) is 2. The molecule has 0 amide bonds. The van der Waals surface area contributed by atoms with E-state index in [1.165, 1.54) is 0 Å². The van der Waals surface area contributed by atoms with Crippen molar-refractivity contribution in [2.45, 2.75) is 18.7 Å². The van der Waals surface area contributed by atoms with Gasteiger partial charge in [-0.3, -0.25) is 9.98 Å². The molecule has 0 bridgehead atoms. The van der Waals surface area contributed by atoms with Crippen molar-refractivity contribution in [2.75, 3.05) is 20.1 Å². The molecule has 0 saturated carbocycles. The lowest BCUT2D eigenvalue weighted by atomic mass is 10.1. The standard InChI is InChI=1S/C17H18FN5O/c1-19-7-10-6-11-13(9-22-10)23-17-16(11)15(3-5-21-17)24-14-2-4-20-8-12(14)18/h3,5-7,9,12,14,20H,2,4,8H2,1H3,(H,21,23). The quantitative estimate of drug-likeness (QED) is 0.724. The summed E-state index contributed by atoms with van der Waals surface area (Å²) in [6.07, 6.45) is 4.29. The normalized spacial score (nSPS) is 21.8. The number of ether oxygens (including phenoxy) is 1. The van der Waals surface area contributed by atoms with Crippen LogP contribution in [0.4, 0.5) is 4.39 Å². The molecule has 6 nitrogen and oxygen atoms in total. The number of halogens is 1. The Morgan fingerprint density at radius 1 is 1.42 bits per heavy atom. The molecule has 7 heteroatoms.